The highest BCUT2D eigenvalue weighted by atomic mass is 16.6. The average molecular weight is 338 g/mol. The monoisotopic (exact) mass is 338 g/mol. The number of carbonyl (C=O) groups excluding carboxylic acids is 2. The number of methoxy groups -OCH3 is 1. The lowest BCUT2D eigenvalue weighted by molar-refractivity contribution is -0.384. The number of hydrogen-bond donors (Lipinski definition) is 2. The number of likely N-dealkylation sites (N-methyl/N-ethyl adjacent to an activating group) is 1. The Bertz CT molecular complexity index is 606. The van der Waals surface area contributed by atoms with E-state index in [1.807, 2.05) is 6.92 Å². The molecule has 2 amide bonds. The number of amides is 2. The maximum Gasteiger partial charge on any atom is 0.271 e. The van der Waals surface area contributed by atoms with Gasteiger partial charge in [0.2, 0.25) is 11.8 Å². The quantitative estimate of drug-likeness (QED) is 0.513. The Balaban J connectivity index is 2.65. The molecule has 9 nitrogen and oxygen atoms in total. The molecule has 0 heterocycles. The Hall–Kier alpha value is -2.68. The lowest BCUT2D eigenvalue weighted by Gasteiger charge is -2.16. The summed E-state index contributed by atoms with van der Waals surface area (Å²) in [4.78, 5) is 35.5. The van der Waals surface area contributed by atoms with Crippen molar-refractivity contribution in [1.82, 2.24) is 10.2 Å². The van der Waals surface area contributed by atoms with Gasteiger partial charge in [-0.05, 0) is 19.5 Å². The van der Waals surface area contributed by atoms with Gasteiger partial charge in [-0.2, -0.15) is 0 Å². The molecule has 1 aromatic rings. The van der Waals surface area contributed by atoms with Crippen LogP contribution in [0.25, 0.3) is 0 Å². The number of nitrogens with one attached hydrogen (secondary N) is 2. The van der Waals surface area contributed by atoms with Crippen molar-refractivity contribution < 1.29 is 19.2 Å². The van der Waals surface area contributed by atoms with Gasteiger partial charge in [0.25, 0.3) is 5.69 Å². The van der Waals surface area contributed by atoms with Crippen molar-refractivity contribution in [2.45, 2.75) is 13.3 Å². The van der Waals surface area contributed by atoms with Crippen LogP contribution in [0.2, 0.25) is 0 Å². The van der Waals surface area contributed by atoms with E-state index in [4.69, 9.17) is 4.74 Å². The maximum absolute atomic E-state index is 12.1. The average Bonchev–Trinajstić information content (AvgIpc) is 2.52. The summed E-state index contributed by atoms with van der Waals surface area (Å²) < 4.78 is 5.08. The molecule has 0 bridgehead atoms. The lowest BCUT2D eigenvalue weighted by atomic mass is 10.2. The Labute approximate surface area is 140 Å². The number of nitro benzene ring substituents is 1. The van der Waals surface area contributed by atoms with Crippen molar-refractivity contribution >= 4 is 23.2 Å². The summed E-state index contributed by atoms with van der Waals surface area (Å²) in [5.74, 6) is -0.253. The number of rotatable bonds is 9. The maximum atomic E-state index is 12.1. The predicted octanol–water partition coefficient (Wildman–Crippen LogP) is 1.000. The first kappa shape index (κ1) is 19.4. The third-order valence-corrected chi connectivity index (χ3v) is 3.07. The summed E-state index contributed by atoms with van der Waals surface area (Å²) in [5, 5.41) is 16.1. The topological polar surface area (TPSA) is 114 Å². The van der Waals surface area contributed by atoms with Crippen molar-refractivity contribution in [2.75, 3.05) is 39.1 Å². The molecule has 0 radical (unpaired) electrons. The van der Waals surface area contributed by atoms with Crippen LogP contribution in [0.1, 0.15) is 13.3 Å². The van der Waals surface area contributed by atoms with Gasteiger partial charge in [-0.1, -0.05) is 6.92 Å². The van der Waals surface area contributed by atoms with Gasteiger partial charge in [0.05, 0.1) is 30.8 Å². The smallest absolute Gasteiger partial charge is 0.271 e. The molecule has 132 valence electrons. The molecule has 9 heteroatoms. The second-order valence-electron chi connectivity index (χ2n) is 5.21. The van der Waals surface area contributed by atoms with Gasteiger partial charge in [-0.25, -0.2) is 0 Å². The van der Waals surface area contributed by atoms with Gasteiger partial charge in [-0.3, -0.25) is 24.6 Å². The molecular weight excluding hydrogens is 316 g/mol. The zero-order chi connectivity index (χ0) is 18.1. The number of benzene rings is 1. The molecular formula is C15H22N4O5. The lowest BCUT2D eigenvalue weighted by Crippen LogP contribution is -2.39. The van der Waals surface area contributed by atoms with Gasteiger partial charge < -0.3 is 15.4 Å². The molecule has 24 heavy (non-hydrogen) atoms. The number of nitro groups is 1. The zero-order valence-corrected chi connectivity index (χ0v) is 14.0. The fraction of sp³-hybridized carbons (Fsp3) is 0.467. The van der Waals surface area contributed by atoms with E-state index in [0.29, 0.717) is 12.3 Å². The summed E-state index contributed by atoms with van der Waals surface area (Å²) in [5.41, 5.74) is 0.0546. The van der Waals surface area contributed by atoms with E-state index in [-0.39, 0.29) is 30.4 Å². The number of nitrogens with zero attached hydrogens (tertiary/aromatic N) is 2. The SMILES string of the molecule is CCCNC(=O)CN(C)CC(=O)Nc1cc([N+](=O)[O-])ccc1OC. The van der Waals surface area contributed by atoms with Crippen molar-refractivity contribution in [2.24, 2.45) is 0 Å². The molecule has 0 atom stereocenters. The van der Waals surface area contributed by atoms with Gasteiger partial charge in [0, 0.05) is 18.7 Å². The molecule has 0 aromatic heterocycles. The minimum atomic E-state index is -0.556. The van der Waals surface area contributed by atoms with Crippen molar-refractivity contribution in [3.05, 3.63) is 28.3 Å². The zero-order valence-electron chi connectivity index (χ0n) is 14.0. The number of ether oxygens (including phenoxy) is 1. The number of non-ortho nitro benzene ring substituents is 1. The second kappa shape index (κ2) is 9.46. The van der Waals surface area contributed by atoms with Crippen molar-refractivity contribution in [3.63, 3.8) is 0 Å². The summed E-state index contributed by atoms with van der Waals surface area (Å²) >= 11 is 0. The van der Waals surface area contributed by atoms with Crippen LogP contribution in [-0.4, -0.2) is 55.4 Å². The minimum Gasteiger partial charge on any atom is -0.495 e. The van der Waals surface area contributed by atoms with E-state index in [2.05, 4.69) is 10.6 Å². The molecule has 0 spiro atoms. The molecule has 0 aliphatic heterocycles. The van der Waals surface area contributed by atoms with Crippen molar-refractivity contribution in [3.8, 4) is 5.75 Å². The molecule has 0 fully saturated rings. The van der Waals surface area contributed by atoms with E-state index in [1.165, 1.54) is 25.3 Å². The van der Waals surface area contributed by atoms with Crippen LogP contribution in [0.3, 0.4) is 0 Å². The molecule has 1 rings (SSSR count). The van der Waals surface area contributed by atoms with Crippen LogP contribution in [0.5, 0.6) is 5.75 Å². The highest BCUT2D eigenvalue weighted by Gasteiger charge is 2.15. The normalized spacial score (nSPS) is 10.3. The number of anilines is 1. The Morgan fingerprint density at radius 2 is 1.96 bits per heavy atom. The Morgan fingerprint density at radius 1 is 1.29 bits per heavy atom. The number of hydrogen-bond acceptors (Lipinski definition) is 6. The largest absolute Gasteiger partial charge is 0.495 e. The van der Waals surface area contributed by atoms with Crippen LogP contribution in [0.15, 0.2) is 18.2 Å². The van der Waals surface area contributed by atoms with E-state index >= 15 is 0 Å². The molecule has 2 N–H and O–H groups in total. The summed E-state index contributed by atoms with van der Waals surface area (Å²) in [6.07, 6.45) is 0.836. The van der Waals surface area contributed by atoms with Crippen LogP contribution in [-0.2, 0) is 9.59 Å². The van der Waals surface area contributed by atoms with Gasteiger partial charge >= 0.3 is 0 Å². The first-order chi connectivity index (χ1) is 11.4. The molecule has 0 saturated heterocycles. The van der Waals surface area contributed by atoms with Gasteiger partial charge in [-0.15, -0.1) is 0 Å². The fourth-order valence-corrected chi connectivity index (χ4v) is 1.96. The standard InChI is InChI=1S/C15H22N4O5/c1-4-7-16-14(20)9-18(2)10-15(21)17-12-8-11(19(22)23)5-6-13(12)24-3/h5-6,8H,4,7,9-10H2,1-3H3,(H,16,20)(H,17,21). The molecule has 0 unspecified atom stereocenters. The van der Waals surface area contributed by atoms with Crippen LogP contribution < -0.4 is 15.4 Å². The Morgan fingerprint density at radius 3 is 2.54 bits per heavy atom. The van der Waals surface area contributed by atoms with E-state index < -0.39 is 10.8 Å². The van der Waals surface area contributed by atoms with Gasteiger partial charge in [0.15, 0.2) is 0 Å². The first-order valence-corrected chi connectivity index (χ1v) is 7.44. The summed E-state index contributed by atoms with van der Waals surface area (Å²) in [6, 6.07) is 3.93. The molecule has 1 aromatic carbocycles. The number of carbonyl (C=O) groups is 2. The molecule has 0 aliphatic carbocycles. The third-order valence-electron chi connectivity index (χ3n) is 3.07. The fourth-order valence-electron chi connectivity index (χ4n) is 1.96. The molecule has 0 aliphatic rings. The minimum absolute atomic E-state index is 0.0363. The Kier molecular flexibility index (Phi) is 7.63. The van der Waals surface area contributed by atoms with E-state index in [0.717, 1.165) is 6.42 Å². The van der Waals surface area contributed by atoms with Crippen LogP contribution in [0, 0.1) is 10.1 Å². The van der Waals surface area contributed by atoms with Crippen molar-refractivity contribution in [1.29, 1.82) is 0 Å². The van der Waals surface area contributed by atoms with E-state index in [9.17, 15) is 19.7 Å². The molecule has 0 saturated carbocycles. The van der Waals surface area contributed by atoms with E-state index in [1.54, 1.807) is 11.9 Å². The highest BCUT2D eigenvalue weighted by Crippen LogP contribution is 2.28. The summed E-state index contributed by atoms with van der Waals surface area (Å²) in [7, 11) is 3.04. The summed E-state index contributed by atoms with van der Waals surface area (Å²) in [6.45, 7) is 2.58. The predicted molar refractivity (Wildman–Crippen MR) is 89.1 cm³/mol. The third kappa shape index (κ3) is 6.21. The van der Waals surface area contributed by atoms with Crippen LogP contribution in [0.4, 0.5) is 11.4 Å². The second-order valence-corrected chi connectivity index (χ2v) is 5.21. The van der Waals surface area contributed by atoms with Gasteiger partial charge in [0.1, 0.15) is 5.75 Å². The first-order valence-electron chi connectivity index (χ1n) is 7.44. The highest BCUT2D eigenvalue weighted by molar-refractivity contribution is 5.94. The van der Waals surface area contributed by atoms with Crippen LogP contribution >= 0.6 is 0 Å².